The van der Waals surface area contributed by atoms with E-state index in [1.54, 1.807) is 13.2 Å². The Morgan fingerprint density at radius 2 is 1.94 bits per heavy atom. The second kappa shape index (κ2) is 5.36. The molecule has 3 nitrogen and oxygen atoms in total. The lowest BCUT2D eigenvalue weighted by Gasteiger charge is -2.24. The van der Waals surface area contributed by atoms with Gasteiger partial charge in [0.05, 0.1) is 14.2 Å². The molecule has 1 aromatic rings. The third-order valence-corrected chi connectivity index (χ3v) is 3.24. The predicted molar refractivity (Wildman–Crippen MR) is 64.3 cm³/mol. The number of halogens is 1. The van der Waals surface area contributed by atoms with Gasteiger partial charge in [-0.1, -0.05) is 0 Å². The lowest BCUT2D eigenvalue weighted by atomic mass is 9.91. The average Bonchev–Trinajstić information content (AvgIpc) is 2.39. The first kappa shape index (κ1) is 12.2. The van der Waals surface area contributed by atoms with Gasteiger partial charge < -0.3 is 14.8 Å². The van der Waals surface area contributed by atoms with Gasteiger partial charge in [-0.25, -0.2) is 4.39 Å². The van der Waals surface area contributed by atoms with Crippen molar-refractivity contribution < 1.29 is 13.9 Å². The van der Waals surface area contributed by atoms with E-state index in [4.69, 9.17) is 9.47 Å². The van der Waals surface area contributed by atoms with Crippen molar-refractivity contribution in [2.45, 2.75) is 18.8 Å². The fraction of sp³-hybridized carbons (Fsp3) is 0.538. The average molecular weight is 239 g/mol. The summed E-state index contributed by atoms with van der Waals surface area (Å²) in [6, 6.07) is 3.16. The van der Waals surface area contributed by atoms with Crippen LogP contribution in [0.15, 0.2) is 12.1 Å². The first-order chi connectivity index (χ1) is 8.26. The molecule has 4 heteroatoms. The fourth-order valence-corrected chi connectivity index (χ4v) is 2.30. The van der Waals surface area contributed by atoms with Gasteiger partial charge >= 0.3 is 0 Å². The molecule has 17 heavy (non-hydrogen) atoms. The maximum absolute atomic E-state index is 14.0. The molecule has 0 radical (unpaired) electrons. The first-order valence-electron chi connectivity index (χ1n) is 5.88. The summed E-state index contributed by atoms with van der Waals surface area (Å²) in [6.07, 6.45) is 2.10. The van der Waals surface area contributed by atoms with Crippen molar-refractivity contribution >= 4 is 0 Å². The summed E-state index contributed by atoms with van der Waals surface area (Å²) in [6.45, 7) is 1.85. The Bertz CT molecular complexity index is 389. The number of piperidine rings is 1. The van der Waals surface area contributed by atoms with E-state index in [1.807, 2.05) is 0 Å². The van der Waals surface area contributed by atoms with Gasteiger partial charge in [-0.05, 0) is 36.9 Å². The molecule has 0 amide bonds. The zero-order chi connectivity index (χ0) is 12.3. The molecule has 1 atom stereocenters. The maximum Gasteiger partial charge on any atom is 0.163 e. The van der Waals surface area contributed by atoms with Crippen LogP contribution in [0.4, 0.5) is 4.39 Å². The molecule has 1 unspecified atom stereocenters. The Morgan fingerprint density at radius 3 is 2.53 bits per heavy atom. The van der Waals surface area contributed by atoms with Gasteiger partial charge in [0.2, 0.25) is 0 Å². The second-order valence-corrected chi connectivity index (χ2v) is 4.27. The van der Waals surface area contributed by atoms with Crippen molar-refractivity contribution in [1.82, 2.24) is 5.32 Å². The van der Waals surface area contributed by atoms with Crippen LogP contribution in [0.2, 0.25) is 0 Å². The molecule has 1 heterocycles. The number of ether oxygens (including phenoxy) is 2. The lowest BCUT2D eigenvalue weighted by molar-refractivity contribution is 0.349. The van der Waals surface area contributed by atoms with E-state index >= 15 is 0 Å². The van der Waals surface area contributed by atoms with Crippen LogP contribution in [0.25, 0.3) is 0 Å². The standard InChI is InChI=1S/C13H18FNO2/c1-16-12-6-10(9-4-3-5-15-8-9)11(14)7-13(12)17-2/h6-7,9,15H,3-5,8H2,1-2H3. The van der Waals surface area contributed by atoms with Crippen molar-refractivity contribution in [3.05, 3.63) is 23.5 Å². The topological polar surface area (TPSA) is 30.5 Å². The molecule has 0 saturated carbocycles. The van der Waals surface area contributed by atoms with E-state index in [2.05, 4.69) is 5.32 Å². The summed E-state index contributed by atoms with van der Waals surface area (Å²) in [5.74, 6) is 1.05. The normalized spacial score (nSPS) is 20.1. The van der Waals surface area contributed by atoms with E-state index in [0.29, 0.717) is 11.5 Å². The maximum atomic E-state index is 14.0. The highest BCUT2D eigenvalue weighted by Crippen LogP contribution is 2.34. The smallest absolute Gasteiger partial charge is 0.163 e. The molecule has 1 saturated heterocycles. The van der Waals surface area contributed by atoms with Gasteiger partial charge in [0.15, 0.2) is 11.5 Å². The fourth-order valence-electron chi connectivity index (χ4n) is 2.30. The molecule has 0 bridgehead atoms. The molecule has 1 aliphatic heterocycles. The highest BCUT2D eigenvalue weighted by Gasteiger charge is 2.21. The Kier molecular flexibility index (Phi) is 3.84. The quantitative estimate of drug-likeness (QED) is 0.878. The van der Waals surface area contributed by atoms with Crippen LogP contribution in [0, 0.1) is 5.82 Å². The summed E-state index contributed by atoms with van der Waals surface area (Å²) >= 11 is 0. The van der Waals surface area contributed by atoms with Gasteiger partial charge in [-0.3, -0.25) is 0 Å². The molecule has 94 valence electrons. The SMILES string of the molecule is COc1cc(F)c(C2CCCNC2)cc1OC. The van der Waals surface area contributed by atoms with Crippen LogP contribution in [0.5, 0.6) is 11.5 Å². The molecule has 1 aromatic carbocycles. The van der Waals surface area contributed by atoms with Crippen molar-refractivity contribution in [3.63, 3.8) is 0 Å². The summed E-state index contributed by atoms with van der Waals surface area (Å²) < 4.78 is 24.3. The number of methoxy groups -OCH3 is 2. The highest BCUT2D eigenvalue weighted by molar-refractivity contribution is 5.45. The predicted octanol–water partition coefficient (Wildman–Crippen LogP) is 2.31. The van der Waals surface area contributed by atoms with Crippen molar-refractivity contribution in [2.24, 2.45) is 0 Å². The van der Waals surface area contributed by atoms with Gasteiger partial charge in [0.1, 0.15) is 5.82 Å². The largest absolute Gasteiger partial charge is 0.493 e. The number of hydrogen-bond donors (Lipinski definition) is 1. The zero-order valence-electron chi connectivity index (χ0n) is 10.3. The van der Waals surface area contributed by atoms with Crippen molar-refractivity contribution in [1.29, 1.82) is 0 Å². The molecule has 1 aliphatic rings. The van der Waals surface area contributed by atoms with Crippen molar-refractivity contribution in [3.8, 4) is 11.5 Å². The van der Waals surface area contributed by atoms with E-state index in [9.17, 15) is 4.39 Å². The van der Waals surface area contributed by atoms with Crippen LogP contribution in [0.3, 0.4) is 0 Å². The van der Waals surface area contributed by atoms with Gasteiger partial charge in [-0.15, -0.1) is 0 Å². The molecule has 1 N–H and O–H groups in total. The van der Waals surface area contributed by atoms with E-state index in [0.717, 1.165) is 31.5 Å². The van der Waals surface area contributed by atoms with E-state index < -0.39 is 0 Å². The lowest BCUT2D eigenvalue weighted by Crippen LogP contribution is -2.28. The summed E-state index contributed by atoms with van der Waals surface area (Å²) in [7, 11) is 3.08. The van der Waals surface area contributed by atoms with Crippen LogP contribution in [0.1, 0.15) is 24.3 Å². The minimum atomic E-state index is -0.212. The van der Waals surface area contributed by atoms with Gasteiger partial charge in [0, 0.05) is 12.6 Å². The third kappa shape index (κ3) is 2.52. The Balaban J connectivity index is 2.32. The number of benzene rings is 1. The molecular weight excluding hydrogens is 221 g/mol. The molecule has 0 spiro atoms. The van der Waals surface area contributed by atoms with Crippen LogP contribution in [-0.4, -0.2) is 27.3 Å². The van der Waals surface area contributed by atoms with E-state index in [1.165, 1.54) is 13.2 Å². The Hall–Kier alpha value is -1.29. The Morgan fingerprint density at radius 1 is 1.24 bits per heavy atom. The van der Waals surface area contributed by atoms with Crippen molar-refractivity contribution in [2.75, 3.05) is 27.3 Å². The minimum absolute atomic E-state index is 0.212. The molecular formula is C13H18FNO2. The summed E-state index contributed by atoms with van der Waals surface area (Å²) in [5, 5.41) is 3.29. The second-order valence-electron chi connectivity index (χ2n) is 4.27. The molecule has 2 rings (SSSR count). The molecule has 0 aliphatic carbocycles. The number of nitrogens with one attached hydrogen (secondary N) is 1. The van der Waals surface area contributed by atoms with Crippen LogP contribution < -0.4 is 14.8 Å². The number of hydrogen-bond acceptors (Lipinski definition) is 3. The molecule has 0 aromatic heterocycles. The zero-order valence-corrected chi connectivity index (χ0v) is 10.3. The van der Waals surface area contributed by atoms with E-state index in [-0.39, 0.29) is 11.7 Å². The summed E-state index contributed by atoms with van der Waals surface area (Å²) in [5.41, 5.74) is 0.717. The molecule has 1 fully saturated rings. The van der Waals surface area contributed by atoms with Gasteiger partial charge in [0.25, 0.3) is 0 Å². The van der Waals surface area contributed by atoms with Crippen LogP contribution >= 0.6 is 0 Å². The van der Waals surface area contributed by atoms with Crippen LogP contribution in [-0.2, 0) is 0 Å². The first-order valence-corrected chi connectivity index (χ1v) is 5.88. The summed E-state index contributed by atoms with van der Waals surface area (Å²) in [4.78, 5) is 0. The third-order valence-electron chi connectivity index (χ3n) is 3.24. The monoisotopic (exact) mass is 239 g/mol. The Labute approximate surface area is 101 Å². The highest BCUT2D eigenvalue weighted by atomic mass is 19.1. The minimum Gasteiger partial charge on any atom is -0.493 e. The number of rotatable bonds is 3. The van der Waals surface area contributed by atoms with Gasteiger partial charge in [-0.2, -0.15) is 0 Å².